The molecule has 0 amide bonds. The van der Waals surface area contributed by atoms with E-state index in [1.165, 1.54) is 13.2 Å². The van der Waals surface area contributed by atoms with Crippen molar-refractivity contribution < 1.29 is 18.7 Å². The molecule has 0 radical (unpaired) electrons. The summed E-state index contributed by atoms with van der Waals surface area (Å²) in [6.07, 6.45) is 0.827. The molecule has 10 heteroatoms. The quantitative estimate of drug-likeness (QED) is 0.402. The van der Waals surface area contributed by atoms with Gasteiger partial charge >= 0.3 is 6.08 Å². The summed E-state index contributed by atoms with van der Waals surface area (Å²) in [7, 11) is 0. The van der Waals surface area contributed by atoms with Crippen molar-refractivity contribution in [2.24, 2.45) is 0 Å². The van der Waals surface area contributed by atoms with Crippen molar-refractivity contribution in [3.8, 4) is 0 Å². The average Bonchev–Trinajstić information content (AvgIpc) is 3.31. The lowest BCUT2D eigenvalue weighted by atomic mass is 9.96. The number of benzene rings is 1. The zero-order valence-electron chi connectivity index (χ0n) is 15.4. The number of hydrogen-bond acceptors (Lipinski definition) is 7. The normalized spacial score (nSPS) is 14.4. The molecule has 2 N–H and O–H groups in total. The zero-order chi connectivity index (χ0) is 20.5. The van der Waals surface area contributed by atoms with Gasteiger partial charge in [-0.05, 0) is 41.1 Å². The summed E-state index contributed by atoms with van der Waals surface area (Å²) < 4.78 is 27.6. The molecule has 0 saturated heterocycles. The van der Waals surface area contributed by atoms with Crippen LogP contribution in [0.1, 0.15) is 30.7 Å². The van der Waals surface area contributed by atoms with Gasteiger partial charge in [0.1, 0.15) is 29.5 Å². The molecule has 0 bridgehead atoms. The van der Waals surface area contributed by atoms with Crippen molar-refractivity contribution in [3.63, 3.8) is 0 Å². The Balaban J connectivity index is 1.97. The molecular formula is C19H17FIN5O3. The number of aryl methyl sites for hydroxylation is 1. The highest BCUT2D eigenvalue weighted by Gasteiger charge is 2.32. The second kappa shape index (κ2) is 7.93. The first-order chi connectivity index (χ1) is 14.0. The molecule has 3 heterocycles. The van der Waals surface area contributed by atoms with Crippen LogP contribution in [0.4, 0.5) is 10.2 Å². The van der Waals surface area contributed by atoms with Gasteiger partial charge in [0.05, 0.1) is 0 Å². The Labute approximate surface area is 179 Å². The van der Waals surface area contributed by atoms with E-state index in [1.54, 1.807) is 4.57 Å². The average molecular weight is 509 g/mol. The lowest BCUT2D eigenvalue weighted by Crippen LogP contribution is -2.16. The Morgan fingerprint density at radius 2 is 2.14 bits per heavy atom. The van der Waals surface area contributed by atoms with Crippen molar-refractivity contribution in [2.45, 2.75) is 25.8 Å². The molecule has 1 unspecified atom stereocenters. The summed E-state index contributed by atoms with van der Waals surface area (Å²) in [5.74, 6) is 0.559. The van der Waals surface area contributed by atoms with Crippen LogP contribution in [0.2, 0.25) is 0 Å². The number of nitrogens with two attached hydrogens (primary N) is 1. The van der Waals surface area contributed by atoms with Crippen LogP contribution in [-0.4, -0.2) is 32.1 Å². The first-order valence-corrected chi connectivity index (χ1v) is 9.91. The Hall–Kier alpha value is -2.76. The maximum absolute atomic E-state index is 13.9. The number of anilines is 1. The minimum Gasteiger partial charge on any atom is -0.462 e. The number of nitrogens with zero attached hydrogens (tertiary/aromatic N) is 4. The van der Waals surface area contributed by atoms with Gasteiger partial charge in [0.15, 0.2) is 17.0 Å². The van der Waals surface area contributed by atoms with Crippen LogP contribution in [0, 0.1) is 9.65 Å². The molecule has 0 aliphatic carbocycles. The van der Waals surface area contributed by atoms with Crippen LogP contribution < -0.4 is 5.73 Å². The number of carbonyl (C=O) groups excluding carboxylic acids is 1. The molecule has 0 fully saturated rings. The number of ether oxygens (including phenoxy) is 2. The Bertz CT molecular complexity index is 1130. The van der Waals surface area contributed by atoms with E-state index in [4.69, 9.17) is 15.2 Å². The maximum Gasteiger partial charge on any atom is 0.312 e. The van der Waals surface area contributed by atoms with E-state index in [0.29, 0.717) is 11.6 Å². The lowest BCUT2D eigenvalue weighted by Gasteiger charge is -2.20. The Morgan fingerprint density at radius 3 is 2.83 bits per heavy atom. The molecule has 1 aromatic carbocycles. The number of fused-ring (bicyclic) bond motifs is 1. The predicted molar refractivity (Wildman–Crippen MR) is 111 cm³/mol. The van der Waals surface area contributed by atoms with Crippen LogP contribution in [-0.2, 0) is 20.8 Å². The third kappa shape index (κ3) is 3.76. The van der Waals surface area contributed by atoms with Gasteiger partial charge in [-0.1, -0.05) is 18.2 Å². The number of aromatic nitrogens is 4. The molecular weight excluding hydrogens is 492 g/mol. The second-order valence-corrected chi connectivity index (χ2v) is 7.69. The number of imidazole rings is 1. The SMILES string of the molecule is CC(=O)CCn1c(C(C2=COCO2)c2ccccc2I)nc2c(N)nc(F)nc21. The zero-order valence-corrected chi connectivity index (χ0v) is 17.6. The summed E-state index contributed by atoms with van der Waals surface area (Å²) in [4.78, 5) is 23.8. The third-order valence-corrected chi connectivity index (χ3v) is 5.55. The van der Waals surface area contributed by atoms with Crippen molar-refractivity contribution in [1.82, 2.24) is 19.5 Å². The molecule has 8 nitrogen and oxygen atoms in total. The van der Waals surface area contributed by atoms with E-state index in [-0.39, 0.29) is 42.5 Å². The van der Waals surface area contributed by atoms with E-state index in [0.717, 1.165) is 9.13 Å². The van der Waals surface area contributed by atoms with E-state index in [1.807, 2.05) is 24.3 Å². The number of carbonyl (C=O) groups is 1. The summed E-state index contributed by atoms with van der Waals surface area (Å²) in [5, 5.41) is 0. The highest BCUT2D eigenvalue weighted by Crippen LogP contribution is 2.38. The number of Topliss-reactive ketones (excluding diaryl/α,β-unsaturated/α-hetero) is 1. The smallest absolute Gasteiger partial charge is 0.312 e. The summed E-state index contributed by atoms with van der Waals surface area (Å²) in [6.45, 7) is 1.86. The number of hydrogen-bond donors (Lipinski definition) is 1. The molecule has 0 spiro atoms. The molecule has 4 rings (SSSR count). The second-order valence-electron chi connectivity index (χ2n) is 6.53. The van der Waals surface area contributed by atoms with E-state index in [2.05, 4.69) is 37.5 Å². The predicted octanol–water partition coefficient (Wildman–Crippen LogP) is 3.11. The molecule has 29 heavy (non-hydrogen) atoms. The fourth-order valence-corrected chi connectivity index (χ4v) is 3.95. The summed E-state index contributed by atoms with van der Waals surface area (Å²) >= 11 is 2.24. The number of nitrogen functional groups attached to an aromatic ring is 1. The van der Waals surface area contributed by atoms with Crippen LogP contribution in [0.5, 0.6) is 0 Å². The minimum atomic E-state index is -0.948. The third-order valence-electron chi connectivity index (χ3n) is 4.56. The van der Waals surface area contributed by atoms with Crippen molar-refractivity contribution >= 4 is 45.4 Å². The molecule has 2 aromatic heterocycles. The summed E-state index contributed by atoms with van der Waals surface area (Å²) in [6, 6.07) is 7.77. The van der Waals surface area contributed by atoms with E-state index < -0.39 is 12.0 Å². The van der Waals surface area contributed by atoms with Crippen LogP contribution >= 0.6 is 22.6 Å². The maximum atomic E-state index is 13.9. The van der Waals surface area contributed by atoms with Gasteiger partial charge in [-0.2, -0.15) is 14.4 Å². The van der Waals surface area contributed by atoms with Crippen LogP contribution in [0.25, 0.3) is 11.2 Å². The van der Waals surface area contributed by atoms with Gasteiger partial charge < -0.3 is 19.8 Å². The minimum absolute atomic E-state index is 0.00851. The summed E-state index contributed by atoms with van der Waals surface area (Å²) in [5.41, 5.74) is 7.35. The Morgan fingerprint density at radius 1 is 1.34 bits per heavy atom. The first kappa shape index (κ1) is 19.6. The fourth-order valence-electron chi connectivity index (χ4n) is 3.25. The number of ketones is 1. The van der Waals surface area contributed by atoms with Gasteiger partial charge in [-0.25, -0.2) is 4.98 Å². The molecule has 1 atom stereocenters. The molecule has 1 aliphatic heterocycles. The molecule has 3 aromatic rings. The standard InChI is InChI=1S/C19H17FIN5O3/c1-10(27)6-7-26-17(23-15-16(22)24-19(20)25-18(15)26)14(13-8-28-9-29-13)11-4-2-3-5-12(11)21/h2-5,8,14H,6-7,9H2,1H3,(H2,22,24,25). The highest BCUT2D eigenvalue weighted by molar-refractivity contribution is 14.1. The van der Waals surface area contributed by atoms with Crippen LogP contribution in [0.15, 0.2) is 36.3 Å². The van der Waals surface area contributed by atoms with Crippen molar-refractivity contribution in [2.75, 3.05) is 12.5 Å². The topological polar surface area (TPSA) is 105 Å². The highest BCUT2D eigenvalue weighted by atomic mass is 127. The molecule has 0 saturated carbocycles. The number of halogens is 2. The monoisotopic (exact) mass is 509 g/mol. The fraction of sp³-hybridized carbons (Fsp3) is 0.263. The van der Waals surface area contributed by atoms with Gasteiger partial charge in [-0.15, -0.1) is 0 Å². The number of rotatable bonds is 6. The van der Waals surface area contributed by atoms with E-state index >= 15 is 0 Å². The number of allylic oxidation sites excluding steroid dienone is 1. The van der Waals surface area contributed by atoms with Crippen molar-refractivity contribution in [1.29, 1.82) is 0 Å². The van der Waals surface area contributed by atoms with Gasteiger partial charge in [-0.3, -0.25) is 4.79 Å². The Kier molecular flexibility index (Phi) is 5.35. The van der Waals surface area contributed by atoms with E-state index in [9.17, 15) is 9.18 Å². The lowest BCUT2D eigenvalue weighted by molar-refractivity contribution is -0.117. The van der Waals surface area contributed by atoms with Gasteiger partial charge in [0, 0.05) is 16.5 Å². The van der Waals surface area contributed by atoms with Gasteiger partial charge in [0.2, 0.25) is 6.79 Å². The molecule has 1 aliphatic rings. The van der Waals surface area contributed by atoms with Crippen LogP contribution in [0.3, 0.4) is 0 Å². The largest absolute Gasteiger partial charge is 0.462 e. The molecule has 150 valence electrons. The first-order valence-electron chi connectivity index (χ1n) is 8.83. The van der Waals surface area contributed by atoms with Crippen molar-refractivity contribution in [3.05, 3.63) is 57.3 Å². The van der Waals surface area contributed by atoms with Gasteiger partial charge in [0.25, 0.3) is 0 Å².